The molecule has 2 rings (SSSR count). The van der Waals surface area contributed by atoms with Crippen LogP contribution >= 0.6 is 0 Å². The van der Waals surface area contributed by atoms with Gasteiger partial charge in [-0.15, -0.1) is 0 Å². The fourth-order valence-corrected chi connectivity index (χ4v) is 4.85. The Hall–Kier alpha value is 0.217. The number of hydrogen-bond donors (Lipinski definition) is 0. The van der Waals surface area contributed by atoms with Crippen LogP contribution in [0.25, 0.3) is 0 Å². The monoisotopic (exact) mass is 196 g/mol. The van der Waals surface area contributed by atoms with Gasteiger partial charge in [0.05, 0.1) is 0 Å². The summed E-state index contributed by atoms with van der Waals surface area (Å²) in [6, 6.07) is 0. The summed E-state index contributed by atoms with van der Waals surface area (Å²) < 4.78 is 0. The first-order valence-corrected chi connectivity index (χ1v) is 7.31. The lowest BCUT2D eigenvalue weighted by Crippen LogP contribution is -2.28. The second-order valence-corrected chi connectivity index (χ2v) is 7.54. The lowest BCUT2D eigenvalue weighted by atomic mass is 9.72. The third kappa shape index (κ3) is 2.17. The van der Waals surface area contributed by atoms with Gasteiger partial charge in [-0.05, 0) is 11.0 Å². The van der Waals surface area contributed by atoms with Crippen LogP contribution in [0.5, 0.6) is 0 Å². The third-order valence-corrected chi connectivity index (χ3v) is 6.40. The van der Waals surface area contributed by atoms with Crippen molar-refractivity contribution in [2.24, 2.45) is 5.92 Å². The fourth-order valence-electron chi connectivity index (χ4n) is 3.57. The second-order valence-electron chi connectivity index (χ2n) is 5.55. The topological polar surface area (TPSA) is 0 Å². The molecular formula is C12H24Si. The molecule has 0 aromatic rings. The largest absolute Gasteiger partial charge is 0.0533 e. The molecule has 0 unspecified atom stereocenters. The van der Waals surface area contributed by atoms with E-state index in [2.05, 4.69) is 0 Å². The molecule has 0 aromatic heterocycles. The van der Waals surface area contributed by atoms with Crippen LogP contribution in [-0.4, -0.2) is 10.2 Å². The van der Waals surface area contributed by atoms with Crippen molar-refractivity contribution < 1.29 is 0 Å². The molecule has 13 heavy (non-hydrogen) atoms. The molecule has 2 fully saturated rings. The zero-order valence-corrected chi connectivity index (χ0v) is 11.1. The van der Waals surface area contributed by atoms with Crippen LogP contribution in [0.1, 0.15) is 64.2 Å². The van der Waals surface area contributed by atoms with Crippen LogP contribution in [0.2, 0.25) is 5.04 Å². The first kappa shape index (κ1) is 9.76. The van der Waals surface area contributed by atoms with Gasteiger partial charge in [-0.2, -0.15) is 0 Å². The predicted octanol–water partition coefficient (Wildman–Crippen LogP) is 3.05. The van der Waals surface area contributed by atoms with Crippen LogP contribution in [0, 0.1) is 5.92 Å². The standard InChI is InChI=1S/C12H24Si/c13-12(9-5-2-6-10-12)11-7-3-1-4-8-11/h11H,1-10H2,13H3. The third-order valence-electron chi connectivity index (χ3n) is 4.59. The molecule has 0 saturated heterocycles. The highest BCUT2D eigenvalue weighted by molar-refractivity contribution is 6.15. The SMILES string of the molecule is [SiH3]C1(C2CCCCC2)CCCCC1. The molecule has 2 aliphatic carbocycles. The van der Waals surface area contributed by atoms with E-state index in [9.17, 15) is 0 Å². The van der Waals surface area contributed by atoms with Gasteiger partial charge >= 0.3 is 0 Å². The maximum absolute atomic E-state index is 1.59. The van der Waals surface area contributed by atoms with E-state index in [0.717, 1.165) is 11.0 Å². The Labute approximate surface area is 85.9 Å². The molecule has 0 bridgehead atoms. The average Bonchev–Trinajstić information content (AvgIpc) is 2.20. The summed E-state index contributed by atoms with van der Waals surface area (Å²) in [6.07, 6.45) is 15.5. The molecule has 0 aromatic carbocycles. The minimum Gasteiger partial charge on any atom is -0.0533 e. The van der Waals surface area contributed by atoms with E-state index in [0.29, 0.717) is 0 Å². The molecule has 2 aliphatic rings. The van der Waals surface area contributed by atoms with Crippen molar-refractivity contribution in [3.05, 3.63) is 0 Å². The fraction of sp³-hybridized carbons (Fsp3) is 1.00. The predicted molar refractivity (Wildman–Crippen MR) is 62.3 cm³/mol. The normalized spacial score (nSPS) is 30.5. The Morgan fingerprint density at radius 1 is 0.769 bits per heavy atom. The van der Waals surface area contributed by atoms with Crippen molar-refractivity contribution in [1.29, 1.82) is 0 Å². The molecule has 0 heterocycles. The minimum atomic E-state index is 0.888. The first-order chi connectivity index (χ1) is 6.31. The lowest BCUT2D eigenvalue weighted by molar-refractivity contribution is 0.213. The van der Waals surface area contributed by atoms with Crippen molar-refractivity contribution in [3.8, 4) is 0 Å². The highest BCUT2D eigenvalue weighted by Crippen LogP contribution is 2.51. The maximum Gasteiger partial charge on any atom is 0.0110 e. The molecule has 0 amide bonds. The molecule has 0 spiro atoms. The quantitative estimate of drug-likeness (QED) is 0.566. The molecule has 0 atom stereocenters. The average molecular weight is 196 g/mol. The van der Waals surface area contributed by atoms with Crippen molar-refractivity contribution >= 4 is 10.2 Å². The van der Waals surface area contributed by atoms with E-state index >= 15 is 0 Å². The van der Waals surface area contributed by atoms with Gasteiger partial charge in [-0.25, -0.2) is 0 Å². The second kappa shape index (κ2) is 4.16. The van der Waals surface area contributed by atoms with Crippen LogP contribution in [0.4, 0.5) is 0 Å². The first-order valence-electron chi connectivity index (χ1n) is 6.31. The Kier molecular flexibility index (Phi) is 3.12. The van der Waals surface area contributed by atoms with E-state index < -0.39 is 0 Å². The molecule has 0 N–H and O–H groups in total. The lowest BCUT2D eigenvalue weighted by Gasteiger charge is -2.43. The Morgan fingerprint density at radius 2 is 1.31 bits per heavy atom. The number of hydrogen-bond acceptors (Lipinski definition) is 0. The molecule has 2 saturated carbocycles. The van der Waals surface area contributed by atoms with E-state index in [1.54, 1.807) is 38.5 Å². The van der Waals surface area contributed by atoms with E-state index in [-0.39, 0.29) is 0 Å². The van der Waals surface area contributed by atoms with Crippen molar-refractivity contribution in [3.63, 3.8) is 0 Å². The number of rotatable bonds is 1. The highest BCUT2D eigenvalue weighted by atomic mass is 28.1. The van der Waals surface area contributed by atoms with E-state index in [4.69, 9.17) is 0 Å². The summed E-state index contributed by atoms with van der Waals surface area (Å²) in [6.45, 7) is 0. The van der Waals surface area contributed by atoms with E-state index in [1.165, 1.54) is 35.9 Å². The summed E-state index contributed by atoms with van der Waals surface area (Å²) in [5.41, 5.74) is 0. The van der Waals surface area contributed by atoms with Gasteiger partial charge in [0.25, 0.3) is 0 Å². The van der Waals surface area contributed by atoms with Gasteiger partial charge in [0, 0.05) is 10.2 Å². The van der Waals surface area contributed by atoms with Gasteiger partial charge in [-0.3, -0.25) is 0 Å². The molecule has 0 nitrogen and oxygen atoms in total. The molecule has 0 radical (unpaired) electrons. The van der Waals surface area contributed by atoms with Crippen molar-refractivity contribution in [2.75, 3.05) is 0 Å². The summed E-state index contributed by atoms with van der Waals surface area (Å²) in [5.74, 6) is 1.15. The van der Waals surface area contributed by atoms with Crippen LogP contribution in [-0.2, 0) is 0 Å². The molecule has 0 aliphatic heterocycles. The smallest absolute Gasteiger partial charge is 0.0110 e. The van der Waals surface area contributed by atoms with Gasteiger partial charge in [0.1, 0.15) is 0 Å². The summed E-state index contributed by atoms with van der Waals surface area (Å²) >= 11 is 0. The molecular weight excluding hydrogens is 172 g/mol. The van der Waals surface area contributed by atoms with Gasteiger partial charge in [0.2, 0.25) is 0 Å². The maximum atomic E-state index is 1.59. The Morgan fingerprint density at radius 3 is 1.92 bits per heavy atom. The summed E-state index contributed by atoms with van der Waals surface area (Å²) in [4.78, 5) is 0. The summed E-state index contributed by atoms with van der Waals surface area (Å²) in [7, 11) is 1.47. The Bertz CT molecular complexity index is 153. The zero-order valence-electron chi connectivity index (χ0n) is 9.15. The molecule has 76 valence electrons. The van der Waals surface area contributed by atoms with Crippen LogP contribution < -0.4 is 0 Å². The van der Waals surface area contributed by atoms with Gasteiger partial charge < -0.3 is 0 Å². The molecule has 1 heteroatoms. The Balaban J connectivity index is 1.94. The highest BCUT2D eigenvalue weighted by Gasteiger charge is 2.35. The minimum absolute atomic E-state index is 0.888. The zero-order chi connectivity index (χ0) is 9.15. The van der Waals surface area contributed by atoms with Crippen molar-refractivity contribution in [1.82, 2.24) is 0 Å². The van der Waals surface area contributed by atoms with Crippen LogP contribution in [0.3, 0.4) is 0 Å². The van der Waals surface area contributed by atoms with E-state index in [1.807, 2.05) is 0 Å². The van der Waals surface area contributed by atoms with Gasteiger partial charge in [-0.1, -0.05) is 64.2 Å². The summed E-state index contributed by atoms with van der Waals surface area (Å²) in [5, 5.41) is 0.888. The van der Waals surface area contributed by atoms with Gasteiger partial charge in [0.15, 0.2) is 0 Å². The van der Waals surface area contributed by atoms with Crippen LogP contribution in [0.15, 0.2) is 0 Å². The van der Waals surface area contributed by atoms with Crippen molar-refractivity contribution in [2.45, 2.75) is 69.2 Å².